The number of benzene rings is 2. The largest absolute Gasteiger partial charge is 0.508 e. The monoisotopic (exact) mass is 274 g/mol. The fourth-order valence-corrected chi connectivity index (χ4v) is 2.61. The van der Waals surface area contributed by atoms with Gasteiger partial charge in [-0.2, -0.15) is 5.26 Å². The molecule has 0 saturated heterocycles. The first-order chi connectivity index (χ1) is 9.01. The van der Waals surface area contributed by atoms with Crippen molar-refractivity contribution in [3.05, 3.63) is 54.1 Å². The highest BCUT2D eigenvalue weighted by Crippen LogP contribution is 2.20. The lowest BCUT2D eigenvalue weighted by molar-refractivity contribution is 0.473. The predicted molar refractivity (Wildman–Crippen MR) is 70.1 cm³/mol. The van der Waals surface area contributed by atoms with E-state index in [1.165, 1.54) is 24.3 Å². The van der Waals surface area contributed by atoms with Crippen molar-refractivity contribution in [2.45, 2.75) is 4.90 Å². The van der Waals surface area contributed by atoms with Gasteiger partial charge in [0.2, 0.25) is 0 Å². The summed E-state index contributed by atoms with van der Waals surface area (Å²) in [7, 11) is -3.78. The highest BCUT2D eigenvalue weighted by atomic mass is 32.2. The molecule has 2 N–H and O–H groups in total. The van der Waals surface area contributed by atoms with E-state index in [2.05, 4.69) is 4.72 Å². The second kappa shape index (κ2) is 5.00. The van der Waals surface area contributed by atoms with Gasteiger partial charge in [-0.3, -0.25) is 4.72 Å². The van der Waals surface area contributed by atoms with E-state index in [0.717, 1.165) is 6.07 Å². The summed E-state index contributed by atoms with van der Waals surface area (Å²) in [6, 6.07) is 13.4. The van der Waals surface area contributed by atoms with Crippen LogP contribution in [-0.2, 0) is 10.0 Å². The molecule has 0 heterocycles. The minimum Gasteiger partial charge on any atom is -0.508 e. The number of phenols is 1. The summed E-state index contributed by atoms with van der Waals surface area (Å²) < 4.78 is 26.4. The van der Waals surface area contributed by atoms with Crippen molar-refractivity contribution in [3.8, 4) is 11.8 Å². The number of aromatic hydroxyl groups is 1. The first-order valence-corrected chi connectivity index (χ1v) is 6.81. The van der Waals surface area contributed by atoms with Gasteiger partial charge in [0, 0.05) is 6.07 Å². The van der Waals surface area contributed by atoms with Crippen LogP contribution >= 0.6 is 0 Å². The molecule has 0 radical (unpaired) electrons. The van der Waals surface area contributed by atoms with Crippen LogP contribution in [0.4, 0.5) is 5.69 Å². The molecule has 5 nitrogen and oxygen atoms in total. The van der Waals surface area contributed by atoms with Gasteiger partial charge in [0.05, 0.1) is 22.2 Å². The van der Waals surface area contributed by atoms with Crippen LogP contribution in [0.15, 0.2) is 53.4 Å². The van der Waals surface area contributed by atoms with Crippen molar-refractivity contribution < 1.29 is 13.5 Å². The Morgan fingerprint density at radius 1 is 1.11 bits per heavy atom. The molecule has 2 aromatic carbocycles. The van der Waals surface area contributed by atoms with Crippen LogP contribution in [0.1, 0.15) is 5.56 Å². The molecular formula is C13H10N2O3S. The number of hydrogen-bond donors (Lipinski definition) is 2. The first kappa shape index (κ1) is 12.9. The Balaban J connectivity index is 2.34. The van der Waals surface area contributed by atoms with E-state index in [1.807, 2.05) is 6.07 Å². The average molecular weight is 274 g/mol. The van der Waals surface area contributed by atoms with Crippen LogP contribution in [0, 0.1) is 11.3 Å². The lowest BCUT2D eigenvalue weighted by Crippen LogP contribution is -2.12. The summed E-state index contributed by atoms with van der Waals surface area (Å²) >= 11 is 0. The fraction of sp³-hybridized carbons (Fsp3) is 0. The number of anilines is 1. The van der Waals surface area contributed by atoms with Gasteiger partial charge in [0.25, 0.3) is 10.0 Å². The Hall–Kier alpha value is -2.52. The molecule has 0 aliphatic heterocycles. The molecule has 0 saturated carbocycles. The number of rotatable bonds is 3. The van der Waals surface area contributed by atoms with Gasteiger partial charge in [-0.25, -0.2) is 8.42 Å². The molecular weight excluding hydrogens is 264 g/mol. The van der Waals surface area contributed by atoms with E-state index in [0.29, 0.717) is 11.3 Å². The number of nitriles is 1. The van der Waals surface area contributed by atoms with Gasteiger partial charge in [-0.15, -0.1) is 0 Å². The SMILES string of the molecule is N#Cc1cccc(NS(=O)(=O)c2cccc(O)c2)c1. The van der Waals surface area contributed by atoms with Crippen LogP contribution in [0.3, 0.4) is 0 Å². The van der Waals surface area contributed by atoms with Gasteiger partial charge in [-0.05, 0) is 30.3 Å². The van der Waals surface area contributed by atoms with Crippen molar-refractivity contribution in [1.82, 2.24) is 0 Å². The normalized spacial score (nSPS) is 10.7. The fourth-order valence-electron chi connectivity index (χ4n) is 1.52. The third kappa shape index (κ3) is 3.03. The maximum absolute atomic E-state index is 12.0. The Kier molecular flexibility index (Phi) is 3.40. The Morgan fingerprint density at radius 2 is 1.84 bits per heavy atom. The molecule has 19 heavy (non-hydrogen) atoms. The van der Waals surface area contributed by atoms with Gasteiger partial charge in [0.1, 0.15) is 5.75 Å². The number of hydrogen-bond acceptors (Lipinski definition) is 4. The van der Waals surface area contributed by atoms with E-state index in [1.54, 1.807) is 18.2 Å². The topological polar surface area (TPSA) is 90.2 Å². The van der Waals surface area contributed by atoms with Crippen LogP contribution in [0.25, 0.3) is 0 Å². The van der Waals surface area contributed by atoms with Crippen molar-refractivity contribution >= 4 is 15.7 Å². The van der Waals surface area contributed by atoms with Crippen molar-refractivity contribution in [2.24, 2.45) is 0 Å². The van der Waals surface area contributed by atoms with Gasteiger partial charge < -0.3 is 5.11 Å². The maximum Gasteiger partial charge on any atom is 0.262 e. The highest BCUT2D eigenvalue weighted by molar-refractivity contribution is 7.92. The number of nitrogens with one attached hydrogen (secondary N) is 1. The van der Waals surface area contributed by atoms with Gasteiger partial charge >= 0.3 is 0 Å². The molecule has 2 rings (SSSR count). The Bertz CT molecular complexity index is 748. The molecule has 0 aromatic heterocycles. The third-order valence-corrected chi connectivity index (χ3v) is 3.75. The van der Waals surface area contributed by atoms with Crippen molar-refractivity contribution in [2.75, 3.05) is 4.72 Å². The number of phenolic OH excluding ortho intramolecular Hbond substituents is 1. The average Bonchev–Trinajstić information content (AvgIpc) is 2.38. The minimum atomic E-state index is -3.78. The molecule has 0 unspecified atom stereocenters. The molecule has 0 fully saturated rings. The second-order valence-electron chi connectivity index (χ2n) is 3.80. The summed E-state index contributed by atoms with van der Waals surface area (Å²) in [5, 5.41) is 18.0. The number of nitrogens with zero attached hydrogens (tertiary/aromatic N) is 1. The molecule has 0 bridgehead atoms. The molecule has 0 aliphatic rings. The molecule has 2 aromatic rings. The first-order valence-electron chi connectivity index (χ1n) is 5.33. The van der Waals surface area contributed by atoms with E-state index in [-0.39, 0.29) is 10.6 Å². The highest BCUT2D eigenvalue weighted by Gasteiger charge is 2.14. The van der Waals surface area contributed by atoms with Crippen LogP contribution in [0.2, 0.25) is 0 Å². The zero-order chi connectivity index (χ0) is 13.9. The van der Waals surface area contributed by atoms with E-state index in [4.69, 9.17) is 5.26 Å². The summed E-state index contributed by atoms with van der Waals surface area (Å²) in [4.78, 5) is -0.0464. The van der Waals surface area contributed by atoms with Crippen LogP contribution in [0.5, 0.6) is 5.75 Å². The lowest BCUT2D eigenvalue weighted by atomic mass is 10.2. The van der Waals surface area contributed by atoms with Gasteiger partial charge in [-0.1, -0.05) is 12.1 Å². The summed E-state index contributed by atoms with van der Waals surface area (Å²) in [5.41, 5.74) is 0.651. The third-order valence-electron chi connectivity index (χ3n) is 2.37. The molecule has 0 amide bonds. The van der Waals surface area contributed by atoms with Crippen molar-refractivity contribution in [3.63, 3.8) is 0 Å². The zero-order valence-electron chi connectivity index (χ0n) is 9.74. The van der Waals surface area contributed by atoms with E-state index in [9.17, 15) is 13.5 Å². The molecule has 96 valence electrons. The summed E-state index contributed by atoms with van der Waals surface area (Å²) in [6.07, 6.45) is 0. The smallest absolute Gasteiger partial charge is 0.262 e. The van der Waals surface area contributed by atoms with Crippen molar-refractivity contribution in [1.29, 1.82) is 5.26 Å². The van der Waals surface area contributed by atoms with E-state index < -0.39 is 10.0 Å². The van der Waals surface area contributed by atoms with Crippen LogP contribution < -0.4 is 4.72 Å². The zero-order valence-corrected chi connectivity index (χ0v) is 10.6. The number of sulfonamides is 1. The quantitative estimate of drug-likeness (QED) is 0.896. The van der Waals surface area contributed by atoms with E-state index >= 15 is 0 Å². The van der Waals surface area contributed by atoms with Gasteiger partial charge in [0.15, 0.2) is 0 Å². The predicted octanol–water partition coefficient (Wildman–Crippen LogP) is 2.06. The molecule has 0 aliphatic carbocycles. The summed E-state index contributed by atoms with van der Waals surface area (Å²) in [5.74, 6) is -0.131. The molecule has 0 spiro atoms. The second-order valence-corrected chi connectivity index (χ2v) is 5.48. The minimum absolute atomic E-state index is 0.0464. The maximum atomic E-state index is 12.0. The standard InChI is InChI=1S/C13H10N2O3S/c14-9-10-3-1-4-11(7-10)15-19(17,18)13-6-2-5-12(16)8-13/h1-8,15-16H. The molecule has 6 heteroatoms. The Labute approximate surface area is 110 Å². The molecule has 0 atom stereocenters. The lowest BCUT2D eigenvalue weighted by Gasteiger charge is -2.08. The van der Waals surface area contributed by atoms with Crippen LogP contribution in [-0.4, -0.2) is 13.5 Å². The Morgan fingerprint density at radius 3 is 2.53 bits per heavy atom. The summed E-state index contributed by atoms with van der Waals surface area (Å²) in [6.45, 7) is 0.